The summed E-state index contributed by atoms with van der Waals surface area (Å²) in [7, 11) is 0. The van der Waals surface area contributed by atoms with Crippen molar-refractivity contribution in [1.29, 1.82) is 0 Å². The fourth-order valence-corrected chi connectivity index (χ4v) is 5.02. The van der Waals surface area contributed by atoms with Gasteiger partial charge in [-0.3, -0.25) is 14.2 Å². The summed E-state index contributed by atoms with van der Waals surface area (Å²) in [5.74, 6) is 0.914. The Balaban J connectivity index is 1.84. The van der Waals surface area contributed by atoms with Crippen LogP contribution in [0.5, 0.6) is 0 Å². The maximum Gasteiger partial charge on any atom is 0.266 e. The first-order valence-corrected chi connectivity index (χ1v) is 12.5. The Morgan fingerprint density at radius 3 is 2.42 bits per heavy atom. The SMILES string of the molecule is CCCN(C(=O)C1CCCCC1)C(C)c1nc2ccccc2c(=O)n1-c1ccc(CC)cc1. The molecule has 1 saturated carbocycles. The Labute approximate surface area is 196 Å². The van der Waals surface area contributed by atoms with E-state index in [1.165, 1.54) is 12.0 Å². The molecule has 5 heteroatoms. The Kier molecular flexibility index (Phi) is 7.26. The molecule has 1 aromatic heterocycles. The van der Waals surface area contributed by atoms with Gasteiger partial charge in [-0.25, -0.2) is 4.98 Å². The van der Waals surface area contributed by atoms with Gasteiger partial charge in [0, 0.05) is 12.5 Å². The van der Waals surface area contributed by atoms with Gasteiger partial charge in [-0.05, 0) is 62.4 Å². The minimum absolute atomic E-state index is 0.0808. The lowest BCUT2D eigenvalue weighted by molar-refractivity contribution is -0.139. The van der Waals surface area contributed by atoms with E-state index in [-0.39, 0.29) is 23.4 Å². The third kappa shape index (κ3) is 4.73. The largest absolute Gasteiger partial charge is 0.333 e. The number of amides is 1. The van der Waals surface area contributed by atoms with Crippen LogP contribution in [-0.2, 0) is 11.2 Å². The molecule has 1 aliphatic rings. The van der Waals surface area contributed by atoms with Gasteiger partial charge < -0.3 is 4.90 Å². The molecule has 1 fully saturated rings. The standard InChI is InChI=1S/C28H35N3O2/c1-4-19-30(27(32)22-11-7-6-8-12-22)20(3)26-29-25-14-10-9-13-24(25)28(33)31(26)23-17-15-21(5-2)16-18-23/h9-10,13-18,20,22H,4-8,11-12,19H2,1-3H3. The van der Waals surface area contributed by atoms with Crippen LogP contribution < -0.4 is 5.56 Å². The smallest absolute Gasteiger partial charge is 0.266 e. The summed E-state index contributed by atoms with van der Waals surface area (Å²) in [4.78, 5) is 34.2. The summed E-state index contributed by atoms with van der Waals surface area (Å²) in [6.45, 7) is 6.89. The molecule has 0 N–H and O–H groups in total. The number of aryl methyl sites for hydroxylation is 1. The van der Waals surface area contributed by atoms with Gasteiger partial charge in [-0.15, -0.1) is 0 Å². The molecule has 0 spiro atoms. The van der Waals surface area contributed by atoms with Crippen molar-refractivity contribution in [3.63, 3.8) is 0 Å². The normalized spacial score (nSPS) is 15.5. The fraction of sp³-hybridized carbons (Fsp3) is 0.464. The second-order valence-electron chi connectivity index (χ2n) is 9.19. The van der Waals surface area contributed by atoms with E-state index in [1.54, 1.807) is 4.57 Å². The van der Waals surface area contributed by atoms with Crippen LogP contribution in [-0.4, -0.2) is 26.9 Å². The van der Waals surface area contributed by atoms with Gasteiger partial charge >= 0.3 is 0 Å². The van der Waals surface area contributed by atoms with Crippen molar-refractivity contribution in [2.24, 2.45) is 5.92 Å². The number of nitrogens with zero attached hydrogens (tertiary/aromatic N) is 3. The zero-order valence-electron chi connectivity index (χ0n) is 20.1. The van der Waals surface area contributed by atoms with Crippen molar-refractivity contribution < 1.29 is 4.79 Å². The summed E-state index contributed by atoms with van der Waals surface area (Å²) < 4.78 is 1.71. The summed E-state index contributed by atoms with van der Waals surface area (Å²) in [6.07, 6.45) is 7.18. The Morgan fingerprint density at radius 1 is 1.06 bits per heavy atom. The van der Waals surface area contributed by atoms with Gasteiger partial charge in [0.05, 0.1) is 22.6 Å². The molecule has 0 radical (unpaired) electrons. The second kappa shape index (κ2) is 10.3. The van der Waals surface area contributed by atoms with Crippen molar-refractivity contribution >= 4 is 16.8 Å². The predicted molar refractivity (Wildman–Crippen MR) is 134 cm³/mol. The molecule has 0 saturated heterocycles. The molecule has 5 nitrogen and oxygen atoms in total. The average Bonchev–Trinajstić information content (AvgIpc) is 2.87. The van der Waals surface area contributed by atoms with Crippen LogP contribution in [0.25, 0.3) is 16.6 Å². The van der Waals surface area contributed by atoms with Crippen LogP contribution in [0.15, 0.2) is 53.3 Å². The minimum Gasteiger partial charge on any atom is -0.333 e. The van der Waals surface area contributed by atoms with Crippen molar-refractivity contribution in [2.45, 2.75) is 71.8 Å². The Hall–Kier alpha value is -2.95. The van der Waals surface area contributed by atoms with E-state index in [9.17, 15) is 9.59 Å². The summed E-state index contributed by atoms with van der Waals surface area (Å²) in [5.41, 5.74) is 2.59. The van der Waals surface area contributed by atoms with E-state index in [1.807, 2.05) is 48.2 Å². The number of hydrogen-bond acceptors (Lipinski definition) is 3. The molecule has 3 aromatic rings. The number of aromatic nitrogens is 2. The van der Waals surface area contributed by atoms with Crippen molar-refractivity contribution in [2.75, 3.05) is 6.54 Å². The van der Waals surface area contributed by atoms with Gasteiger partial charge in [-0.1, -0.05) is 57.4 Å². The molecule has 33 heavy (non-hydrogen) atoms. The number of hydrogen-bond donors (Lipinski definition) is 0. The van der Waals surface area contributed by atoms with Gasteiger partial charge in [0.2, 0.25) is 5.91 Å². The van der Waals surface area contributed by atoms with Gasteiger partial charge in [0.1, 0.15) is 5.82 Å². The van der Waals surface area contributed by atoms with Crippen LogP contribution in [0, 0.1) is 5.92 Å². The molecular weight excluding hydrogens is 410 g/mol. The first-order chi connectivity index (χ1) is 16.0. The third-order valence-electron chi connectivity index (χ3n) is 6.95. The molecule has 174 valence electrons. The van der Waals surface area contributed by atoms with E-state index in [0.717, 1.165) is 44.2 Å². The lowest BCUT2D eigenvalue weighted by Gasteiger charge is -2.34. The van der Waals surface area contributed by atoms with Crippen LogP contribution in [0.3, 0.4) is 0 Å². The molecular formula is C28H35N3O2. The first-order valence-electron chi connectivity index (χ1n) is 12.5. The number of para-hydroxylation sites is 1. The topological polar surface area (TPSA) is 55.2 Å². The molecule has 1 heterocycles. The van der Waals surface area contributed by atoms with Crippen LogP contribution in [0.4, 0.5) is 0 Å². The molecule has 1 aliphatic carbocycles. The lowest BCUT2D eigenvalue weighted by atomic mass is 9.88. The number of fused-ring (bicyclic) bond motifs is 1. The molecule has 1 unspecified atom stereocenters. The second-order valence-corrected chi connectivity index (χ2v) is 9.19. The van der Waals surface area contributed by atoms with Crippen molar-refractivity contribution in [3.05, 3.63) is 70.3 Å². The van der Waals surface area contributed by atoms with Crippen molar-refractivity contribution in [1.82, 2.24) is 14.5 Å². The number of carbonyl (C=O) groups excluding carboxylic acids is 1. The van der Waals surface area contributed by atoms with E-state index in [2.05, 4.69) is 26.0 Å². The van der Waals surface area contributed by atoms with E-state index in [4.69, 9.17) is 4.98 Å². The van der Waals surface area contributed by atoms with E-state index >= 15 is 0 Å². The highest BCUT2D eigenvalue weighted by Gasteiger charge is 2.31. The molecule has 1 atom stereocenters. The Bertz CT molecular complexity index is 1160. The van der Waals surface area contributed by atoms with Gasteiger partial charge in [-0.2, -0.15) is 0 Å². The van der Waals surface area contributed by atoms with Crippen LogP contribution in [0.1, 0.15) is 76.7 Å². The fourth-order valence-electron chi connectivity index (χ4n) is 5.02. The maximum absolute atomic E-state index is 13.7. The molecule has 2 aromatic carbocycles. The quantitative estimate of drug-likeness (QED) is 0.460. The summed E-state index contributed by atoms with van der Waals surface area (Å²) in [6, 6.07) is 15.3. The van der Waals surface area contributed by atoms with E-state index in [0.29, 0.717) is 23.3 Å². The number of benzene rings is 2. The monoisotopic (exact) mass is 445 g/mol. The van der Waals surface area contributed by atoms with E-state index < -0.39 is 0 Å². The van der Waals surface area contributed by atoms with Crippen molar-refractivity contribution in [3.8, 4) is 5.69 Å². The van der Waals surface area contributed by atoms with Crippen LogP contribution >= 0.6 is 0 Å². The summed E-state index contributed by atoms with van der Waals surface area (Å²) in [5, 5.41) is 0.591. The van der Waals surface area contributed by atoms with Gasteiger partial charge in [0.25, 0.3) is 5.56 Å². The third-order valence-corrected chi connectivity index (χ3v) is 6.95. The first kappa shape index (κ1) is 23.2. The molecule has 0 aliphatic heterocycles. The number of rotatable bonds is 7. The highest BCUT2D eigenvalue weighted by Crippen LogP contribution is 2.30. The molecule has 0 bridgehead atoms. The number of carbonyl (C=O) groups is 1. The van der Waals surface area contributed by atoms with Crippen LogP contribution in [0.2, 0.25) is 0 Å². The Morgan fingerprint density at radius 2 is 1.76 bits per heavy atom. The average molecular weight is 446 g/mol. The maximum atomic E-state index is 13.7. The zero-order chi connectivity index (χ0) is 23.4. The molecule has 1 amide bonds. The predicted octanol–water partition coefficient (Wildman–Crippen LogP) is 5.83. The van der Waals surface area contributed by atoms with Gasteiger partial charge in [0.15, 0.2) is 0 Å². The summed E-state index contributed by atoms with van der Waals surface area (Å²) >= 11 is 0. The minimum atomic E-state index is -0.303. The highest BCUT2D eigenvalue weighted by molar-refractivity contribution is 5.80. The molecule has 4 rings (SSSR count). The highest BCUT2D eigenvalue weighted by atomic mass is 16.2. The lowest BCUT2D eigenvalue weighted by Crippen LogP contribution is -2.41. The zero-order valence-corrected chi connectivity index (χ0v) is 20.1.